The SMILES string of the molecule is [Cd].[InH3].[O]=[SbH]. The summed E-state index contributed by atoms with van der Waals surface area (Å²) in [7, 11) is 0. The summed E-state index contributed by atoms with van der Waals surface area (Å²) in [6, 6.07) is 0. The van der Waals surface area contributed by atoms with Crippen molar-refractivity contribution in [3.8, 4) is 0 Å². The summed E-state index contributed by atoms with van der Waals surface area (Å²) in [6.45, 7) is 0. The Balaban J connectivity index is -0.00000000500. The molecule has 0 aromatic carbocycles. The zero-order valence-electron chi connectivity index (χ0n) is 1.62. The van der Waals surface area contributed by atoms with E-state index in [-0.39, 0.29) is 53.1 Å². The molecule has 0 bridgehead atoms. The molecule has 4 heteroatoms. The molecule has 0 rings (SSSR count). The Labute approximate surface area is 77.7 Å². The molecular weight excluding hydrogens is 365 g/mol. The molecule has 0 aromatic rings. The van der Waals surface area contributed by atoms with Crippen LogP contribution in [0, 0.1) is 0 Å². The Bertz CT molecular complexity index is 8.00. The van der Waals surface area contributed by atoms with E-state index in [1.54, 1.807) is 0 Å². The van der Waals surface area contributed by atoms with E-state index >= 15 is 0 Å². The van der Waals surface area contributed by atoms with Gasteiger partial charge in [0.05, 0.1) is 0 Å². The van der Waals surface area contributed by atoms with E-state index < -0.39 is 0 Å². The second-order valence-corrected chi connectivity index (χ2v) is 0. The summed E-state index contributed by atoms with van der Waals surface area (Å²) in [6.07, 6.45) is 0. The van der Waals surface area contributed by atoms with Gasteiger partial charge in [-0.15, -0.1) is 0 Å². The van der Waals surface area contributed by atoms with Gasteiger partial charge in [0.1, 0.15) is 0 Å². The standard InChI is InChI=1S/Cd.In.O.Sb.4H. The van der Waals surface area contributed by atoms with Gasteiger partial charge in [0.15, 0.2) is 0 Å². The van der Waals surface area contributed by atoms with E-state index in [1.807, 2.05) is 0 Å². The molecule has 1 nitrogen and oxygen atoms in total. The van der Waals surface area contributed by atoms with Gasteiger partial charge in [-0.3, -0.25) is 0 Å². The van der Waals surface area contributed by atoms with Crippen molar-refractivity contribution in [2.45, 2.75) is 0 Å². The molecule has 0 amide bonds. The van der Waals surface area contributed by atoms with Crippen LogP contribution in [0.3, 0.4) is 0 Å². The maximum absolute atomic E-state index is 8.34. The average Bonchev–Trinajstić information content (AvgIpc) is 1.00. The van der Waals surface area contributed by atoms with Gasteiger partial charge in [-0.05, 0) is 0 Å². The second-order valence-electron chi connectivity index (χ2n) is 0. The predicted octanol–water partition coefficient (Wildman–Crippen LogP) is -1.95. The molecule has 0 aromatic heterocycles. The minimum absolute atomic E-state index is 0. The van der Waals surface area contributed by atoms with Crippen molar-refractivity contribution in [1.82, 2.24) is 0 Å². The molecule has 0 spiro atoms. The van der Waals surface area contributed by atoms with Crippen LogP contribution in [0.25, 0.3) is 0 Å². The van der Waals surface area contributed by atoms with Crippen LogP contribution in [0.15, 0.2) is 0 Å². The van der Waals surface area contributed by atoms with E-state index in [0.29, 0.717) is 23.0 Å². The molecule has 20 valence electrons. The predicted molar refractivity (Wildman–Crippen MR) is 17.8 cm³/mol. The van der Waals surface area contributed by atoms with Crippen molar-refractivity contribution in [3.05, 3.63) is 0 Å². The molecule has 0 atom stereocenters. The van der Waals surface area contributed by atoms with Gasteiger partial charge in [-0.2, -0.15) is 0 Å². The summed E-state index contributed by atoms with van der Waals surface area (Å²) in [5.74, 6) is 0. The third kappa shape index (κ3) is 8.83. The normalized spacial score (nSPS) is 1.00. The number of hydrogen-bond acceptors (Lipinski definition) is 1. The zero-order valence-corrected chi connectivity index (χ0v) is 8.51. The number of rotatable bonds is 0. The van der Waals surface area contributed by atoms with Crippen LogP contribution in [0.1, 0.15) is 0 Å². The van der Waals surface area contributed by atoms with Gasteiger partial charge in [-0.1, -0.05) is 0 Å². The molecule has 0 saturated carbocycles. The summed E-state index contributed by atoms with van der Waals surface area (Å²) in [5, 5.41) is 0. The third-order valence-electron chi connectivity index (χ3n) is 0. The quantitative estimate of drug-likeness (QED) is 0.454. The first-order valence-electron chi connectivity index (χ1n) is 0.204. The van der Waals surface area contributed by atoms with Crippen LogP contribution < -0.4 is 0 Å². The minimum atomic E-state index is 0. The van der Waals surface area contributed by atoms with Crippen LogP contribution in [0.5, 0.6) is 0 Å². The van der Waals surface area contributed by atoms with Gasteiger partial charge >= 0.3 is 51.9 Å². The monoisotopic (exact) mass is 370 g/mol. The van der Waals surface area contributed by atoms with Crippen molar-refractivity contribution in [1.29, 1.82) is 0 Å². The molecule has 0 aliphatic heterocycles. The Kier molecular flexibility index (Phi) is 73.1. The first-order valence-corrected chi connectivity index (χ1v) is 1.37. The number of hydrogen-bond donors (Lipinski definition) is 0. The molecule has 0 aliphatic rings. The molecule has 0 unspecified atom stereocenters. The first-order chi connectivity index (χ1) is 1.00. The van der Waals surface area contributed by atoms with Crippen LogP contribution in [-0.2, 0) is 30.3 Å². The summed E-state index contributed by atoms with van der Waals surface area (Å²) in [4.78, 5) is 0. The molecule has 0 heterocycles. The average molecular weight is 369 g/mol. The van der Waals surface area contributed by atoms with E-state index in [0.717, 1.165) is 0 Å². The molecular formula is H4CdInOSb. The topological polar surface area (TPSA) is 17.1 Å². The molecule has 0 saturated heterocycles. The zero-order chi connectivity index (χ0) is 2.00. The van der Waals surface area contributed by atoms with E-state index in [1.165, 1.54) is 0 Å². The van der Waals surface area contributed by atoms with Crippen LogP contribution in [-0.4, -0.2) is 48.9 Å². The molecule has 0 N–H and O–H groups in total. The second kappa shape index (κ2) is 18.1. The van der Waals surface area contributed by atoms with Crippen molar-refractivity contribution in [2.24, 2.45) is 0 Å². The molecule has 0 aliphatic carbocycles. The van der Waals surface area contributed by atoms with Crippen LogP contribution >= 0.6 is 0 Å². The molecule has 4 heavy (non-hydrogen) atoms. The van der Waals surface area contributed by atoms with Gasteiger partial charge in [0, 0.05) is 27.3 Å². The van der Waals surface area contributed by atoms with E-state index in [4.69, 9.17) is 3.02 Å². The molecule has 0 radical (unpaired) electrons. The van der Waals surface area contributed by atoms with Gasteiger partial charge in [0.2, 0.25) is 0 Å². The van der Waals surface area contributed by atoms with Gasteiger partial charge in [0.25, 0.3) is 0 Å². The fourth-order valence-electron chi connectivity index (χ4n) is 0. The maximum atomic E-state index is 8.34. The van der Waals surface area contributed by atoms with Crippen molar-refractivity contribution in [3.63, 3.8) is 0 Å². The van der Waals surface area contributed by atoms with E-state index in [2.05, 4.69) is 0 Å². The van der Waals surface area contributed by atoms with Crippen LogP contribution in [0.4, 0.5) is 0 Å². The van der Waals surface area contributed by atoms with Gasteiger partial charge < -0.3 is 0 Å². The fourth-order valence-corrected chi connectivity index (χ4v) is 0. The fraction of sp³-hybridized carbons (Fsp3) is 0. The Hall–Kier alpha value is 2.41. The molecule has 0 fully saturated rings. The Morgan fingerprint density at radius 2 is 1.25 bits per heavy atom. The summed E-state index contributed by atoms with van der Waals surface area (Å²) in [5.41, 5.74) is 0. The van der Waals surface area contributed by atoms with Crippen molar-refractivity contribution >= 4 is 48.9 Å². The first kappa shape index (κ1) is 16.1. The summed E-state index contributed by atoms with van der Waals surface area (Å²) >= 11 is 0.300. The van der Waals surface area contributed by atoms with Crippen LogP contribution in [0.2, 0.25) is 0 Å². The Morgan fingerprint density at radius 1 is 1.25 bits per heavy atom. The third-order valence-corrected chi connectivity index (χ3v) is 0. The summed E-state index contributed by atoms with van der Waals surface area (Å²) < 4.78 is 8.34. The van der Waals surface area contributed by atoms with Crippen molar-refractivity contribution in [2.75, 3.05) is 0 Å². The van der Waals surface area contributed by atoms with E-state index in [9.17, 15) is 0 Å². The van der Waals surface area contributed by atoms with Crippen molar-refractivity contribution < 1.29 is 30.3 Å². The van der Waals surface area contributed by atoms with Gasteiger partial charge in [-0.25, -0.2) is 0 Å². The Morgan fingerprint density at radius 3 is 1.25 bits per heavy atom.